The predicted octanol–water partition coefficient (Wildman–Crippen LogP) is 0.972. The van der Waals surface area contributed by atoms with Gasteiger partial charge in [-0.05, 0) is 42.9 Å². The number of amides is 4. The predicted molar refractivity (Wildman–Crippen MR) is 89.3 cm³/mol. The maximum absolute atomic E-state index is 12.8. The van der Waals surface area contributed by atoms with Crippen LogP contribution in [0.15, 0.2) is 18.2 Å². The van der Waals surface area contributed by atoms with Gasteiger partial charge in [-0.1, -0.05) is 18.2 Å². The number of aryl methyl sites for hydroxylation is 2. The first-order valence-electron chi connectivity index (χ1n) is 8.36. The molecule has 1 unspecified atom stereocenters. The summed E-state index contributed by atoms with van der Waals surface area (Å²) in [5.74, 6) is -0.900. The highest BCUT2D eigenvalue weighted by Gasteiger charge is 2.49. The van der Waals surface area contributed by atoms with Crippen molar-refractivity contribution in [1.82, 2.24) is 15.5 Å². The van der Waals surface area contributed by atoms with Crippen LogP contribution in [0.3, 0.4) is 0 Å². The molecule has 1 aliphatic heterocycles. The number of carbonyl (C=O) groups is 3. The Morgan fingerprint density at radius 1 is 1.36 bits per heavy atom. The van der Waals surface area contributed by atoms with Crippen molar-refractivity contribution in [2.24, 2.45) is 0 Å². The van der Waals surface area contributed by atoms with Gasteiger partial charge in [0.05, 0.1) is 12.5 Å². The summed E-state index contributed by atoms with van der Waals surface area (Å²) in [4.78, 5) is 37.8. The second kappa shape index (κ2) is 6.55. The van der Waals surface area contributed by atoms with Crippen molar-refractivity contribution in [2.45, 2.75) is 38.1 Å². The number of hydrogen-bond donors (Lipinski definition) is 2. The number of fused-ring (bicyclic) bond motifs is 1. The number of nitrogens with one attached hydrogen (secondary N) is 2. The second-order valence-corrected chi connectivity index (χ2v) is 6.54. The maximum Gasteiger partial charge on any atom is 0.325 e. The average Bonchev–Trinajstić information content (AvgIpc) is 3.13. The molecule has 1 aromatic carbocycles. The van der Waals surface area contributed by atoms with E-state index in [0.29, 0.717) is 0 Å². The molecular weight excluding hydrogens is 320 g/mol. The topological polar surface area (TPSA) is 102 Å². The van der Waals surface area contributed by atoms with Crippen molar-refractivity contribution in [1.29, 1.82) is 5.26 Å². The summed E-state index contributed by atoms with van der Waals surface area (Å²) in [6, 6.07) is 7.21. The molecule has 4 amide bonds. The molecule has 0 saturated carbocycles. The Morgan fingerprint density at radius 2 is 2.12 bits per heavy atom. The SMILES string of the molecule is CC1(c2ccc3c(c2)CCC3)NC(=O)N(CC(=O)NCCC#N)C1=O. The molecule has 1 saturated heterocycles. The van der Waals surface area contributed by atoms with Crippen molar-refractivity contribution in [3.05, 3.63) is 34.9 Å². The van der Waals surface area contributed by atoms with Gasteiger partial charge in [-0.2, -0.15) is 5.26 Å². The summed E-state index contributed by atoms with van der Waals surface area (Å²) >= 11 is 0. The summed E-state index contributed by atoms with van der Waals surface area (Å²) in [5.41, 5.74) is 2.08. The number of hydrogen-bond acceptors (Lipinski definition) is 4. The lowest BCUT2D eigenvalue weighted by atomic mass is 9.89. The Kier molecular flexibility index (Phi) is 4.45. The molecule has 7 heteroatoms. The van der Waals surface area contributed by atoms with Crippen molar-refractivity contribution < 1.29 is 14.4 Å². The van der Waals surface area contributed by atoms with Crippen LogP contribution < -0.4 is 10.6 Å². The molecule has 0 bridgehead atoms. The maximum atomic E-state index is 12.8. The highest BCUT2D eigenvalue weighted by atomic mass is 16.2. The average molecular weight is 340 g/mol. The normalized spacial score (nSPS) is 21.7. The molecule has 1 fully saturated rings. The third-order valence-corrected chi connectivity index (χ3v) is 4.81. The van der Waals surface area contributed by atoms with E-state index in [1.54, 1.807) is 6.92 Å². The molecule has 1 aromatic rings. The summed E-state index contributed by atoms with van der Waals surface area (Å²) in [6.45, 7) is 1.51. The highest BCUT2D eigenvalue weighted by Crippen LogP contribution is 2.32. The first-order chi connectivity index (χ1) is 12.0. The molecule has 0 radical (unpaired) electrons. The van der Waals surface area contributed by atoms with Crippen LogP contribution in [0.4, 0.5) is 4.79 Å². The van der Waals surface area contributed by atoms with E-state index in [1.165, 1.54) is 11.1 Å². The molecule has 3 rings (SSSR count). The van der Waals surface area contributed by atoms with Crippen molar-refractivity contribution >= 4 is 17.8 Å². The molecule has 1 heterocycles. The van der Waals surface area contributed by atoms with Gasteiger partial charge in [0, 0.05) is 6.54 Å². The molecule has 1 aliphatic carbocycles. The van der Waals surface area contributed by atoms with E-state index in [1.807, 2.05) is 24.3 Å². The van der Waals surface area contributed by atoms with Crippen LogP contribution in [0.25, 0.3) is 0 Å². The van der Waals surface area contributed by atoms with Crippen LogP contribution in [0.1, 0.15) is 36.5 Å². The van der Waals surface area contributed by atoms with Crippen LogP contribution in [-0.2, 0) is 28.0 Å². The fraction of sp³-hybridized carbons (Fsp3) is 0.444. The van der Waals surface area contributed by atoms with Crippen LogP contribution >= 0.6 is 0 Å². The molecule has 0 spiro atoms. The number of nitrogens with zero attached hydrogens (tertiary/aromatic N) is 2. The van der Waals surface area contributed by atoms with Crippen molar-refractivity contribution in [2.75, 3.05) is 13.1 Å². The smallest absolute Gasteiger partial charge is 0.325 e. The minimum Gasteiger partial charge on any atom is -0.354 e. The largest absolute Gasteiger partial charge is 0.354 e. The lowest BCUT2D eigenvalue weighted by molar-refractivity contribution is -0.134. The first-order valence-corrected chi connectivity index (χ1v) is 8.36. The van der Waals surface area contributed by atoms with Gasteiger partial charge in [0.1, 0.15) is 12.1 Å². The van der Waals surface area contributed by atoms with Crippen LogP contribution in [0.5, 0.6) is 0 Å². The van der Waals surface area contributed by atoms with Gasteiger partial charge < -0.3 is 10.6 Å². The number of imide groups is 1. The van der Waals surface area contributed by atoms with Gasteiger partial charge in [0.2, 0.25) is 5.91 Å². The molecule has 0 aromatic heterocycles. The molecular formula is C18H20N4O3. The zero-order valence-corrected chi connectivity index (χ0v) is 14.1. The summed E-state index contributed by atoms with van der Waals surface area (Å²) in [6.07, 6.45) is 3.30. The van der Waals surface area contributed by atoms with Gasteiger partial charge in [-0.25, -0.2) is 4.79 Å². The van der Waals surface area contributed by atoms with Crippen LogP contribution in [0.2, 0.25) is 0 Å². The van der Waals surface area contributed by atoms with Crippen LogP contribution in [0, 0.1) is 11.3 Å². The summed E-state index contributed by atoms with van der Waals surface area (Å²) < 4.78 is 0. The van der Waals surface area contributed by atoms with Gasteiger partial charge in [-0.3, -0.25) is 14.5 Å². The third kappa shape index (κ3) is 3.07. The van der Waals surface area contributed by atoms with Gasteiger partial charge >= 0.3 is 6.03 Å². The Morgan fingerprint density at radius 3 is 2.88 bits per heavy atom. The molecule has 25 heavy (non-hydrogen) atoms. The highest BCUT2D eigenvalue weighted by molar-refractivity contribution is 6.09. The van der Waals surface area contributed by atoms with Gasteiger partial charge in [0.15, 0.2) is 0 Å². The fourth-order valence-corrected chi connectivity index (χ4v) is 3.38. The van der Waals surface area contributed by atoms with E-state index in [4.69, 9.17) is 5.26 Å². The standard InChI is InChI=1S/C18H20N4O3/c1-18(14-7-6-12-4-2-5-13(12)10-14)16(24)22(17(25)21-18)11-15(23)20-9-3-8-19/h6-7,10H,2-5,9,11H2,1H3,(H,20,23)(H,21,25). The number of urea groups is 1. The molecule has 1 atom stereocenters. The lowest BCUT2D eigenvalue weighted by Gasteiger charge is -2.23. The molecule has 130 valence electrons. The van der Waals surface area contributed by atoms with Gasteiger partial charge in [-0.15, -0.1) is 0 Å². The molecule has 7 nitrogen and oxygen atoms in total. The zero-order chi connectivity index (χ0) is 18.0. The van der Waals surface area contributed by atoms with E-state index >= 15 is 0 Å². The van der Waals surface area contributed by atoms with Crippen molar-refractivity contribution in [3.8, 4) is 6.07 Å². The van der Waals surface area contributed by atoms with Gasteiger partial charge in [0.25, 0.3) is 5.91 Å². The van der Waals surface area contributed by atoms with E-state index in [2.05, 4.69) is 10.6 Å². The third-order valence-electron chi connectivity index (χ3n) is 4.81. The second-order valence-electron chi connectivity index (χ2n) is 6.54. The number of carbonyl (C=O) groups excluding carboxylic acids is 3. The Bertz CT molecular complexity index is 783. The molecule has 2 aliphatic rings. The lowest BCUT2D eigenvalue weighted by Crippen LogP contribution is -2.43. The Hall–Kier alpha value is -2.88. The van der Waals surface area contributed by atoms with E-state index < -0.39 is 23.4 Å². The minimum atomic E-state index is -1.17. The fourth-order valence-electron chi connectivity index (χ4n) is 3.38. The summed E-state index contributed by atoms with van der Waals surface area (Å²) in [7, 11) is 0. The number of benzene rings is 1. The van der Waals surface area contributed by atoms with Crippen molar-refractivity contribution in [3.63, 3.8) is 0 Å². The van der Waals surface area contributed by atoms with E-state index in [9.17, 15) is 14.4 Å². The Balaban J connectivity index is 1.76. The zero-order valence-electron chi connectivity index (χ0n) is 14.1. The summed E-state index contributed by atoms with van der Waals surface area (Å²) in [5, 5.41) is 13.7. The quantitative estimate of drug-likeness (QED) is 0.616. The van der Waals surface area contributed by atoms with E-state index in [0.717, 1.165) is 29.7 Å². The Labute approximate surface area is 146 Å². The van der Waals surface area contributed by atoms with Crippen LogP contribution in [-0.4, -0.2) is 35.8 Å². The monoisotopic (exact) mass is 340 g/mol. The molecule has 2 N–H and O–H groups in total. The minimum absolute atomic E-state index is 0.179. The number of rotatable bonds is 5. The first kappa shape index (κ1) is 17.0. The number of nitriles is 1. The van der Waals surface area contributed by atoms with E-state index in [-0.39, 0.29) is 19.5 Å².